The zero-order chi connectivity index (χ0) is 29.9. The number of rotatable bonds is 4. The van der Waals surface area contributed by atoms with E-state index in [0.29, 0.717) is 29.2 Å². The summed E-state index contributed by atoms with van der Waals surface area (Å²) in [6.07, 6.45) is -3.09. The van der Waals surface area contributed by atoms with Crippen LogP contribution in [0.3, 0.4) is 0 Å². The molecule has 216 valence electrons. The van der Waals surface area contributed by atoms with Gasteiger partial charge in [0, 0.05) is 30.6 Å². The van der Waals surface area contributed by atoms with Crippen molar-refractivity contribution in [3.05, 3.63) is 94.7 Å². The number of quaternary nitrogens is 1. The second kappa shape index (κ2) is 9.70. The lowest BCUT2D eigenvalue weighted by Crippen LogP contribution is -2.53. The topological polar surface area (TPSA) is 123 Å². The van der Waals surface area contributed by atoms with E-state index in [4.69, 9.17) is 10.8 Å². The minimum absolute atomic E-state index is 0.0472. The van der Waals surface area contributed by atoms with E-state index in [1.807, 2.05) is 0 Å². The maximum atomic E-state index is 13.3. The van der Waals surface area contributed by atoms with Gasteiger partial charge in [0.2, 0.25) is 11.5 Å². The van der Waals surface area contributed by atoms with Gasteiger partial charge in [0.25, 0.3) is 11.7 Å². The van der Waals surface area contributed by atoms with Crippen molar-refractivity contribution in [1.29, 1.82) is 0 Å². The van der Waals surface area contributed by atoms with E-state index in [1.54, 1.807) is 24.5 Å². The zero-order valence-corrected chi connectivity index (χ0v) is 21.4. The lowest BCUT2D eigenvalue weighted by atomic mass is 9.93. The van der Waals surface area contributed by atoms with Gasteiger partial charge in [0.15, 0.2) is 0 Å². The second-order valence-corrected chi connectivity index (χ2v) is 9.80. The van der Waals surface area contributed by atoms with Gasteiger partial charge in [-0.25, -0.2) is 4.98 Å². The fraction of sp³-hybridized carbons (Fsp3) is 0.231. The van der Waals surface area contributed by atoms with Crippen LogP contribution in [0, 0.1) is 5.92 Å². The van der Waals surface area contributed by atoms with Gasteiger partial charge in [-0.1, -0.05) is 0 Å². The van der Waals surface area contributed by atoms with Crippen LogP contribution in [0.2, 0.25) is 0 Å². The number of hydrogen-bond acceptors (Lipinski definition) is 7. The highest BCUT2D eigenvalue weighted by Crippen LogP contribution is 2.39. The number of aromatic nitrogens is 4. The summed E-state index contributed by atoms with van der Waals surface area (Å²) in [5, 5.41) is 9.44. The molecule has 0 fully saturated rings. The minimum atomic E-state index is -4.62. The number of fused-ring (bicyclic) bond motifs is 2. The van der Waals surface area contributed by atoms with E-state index in [2.05, 4.69) is 25.5 Å². The summed E-state index contributed by atoms with van der Waals surface area (Å²) in [5.74, 6) is 5.06. The van der Waals surface area contributed by atoms with Crippen molar-refractivity contribution in [1.82, 2.24) is 19.7 Å². The number of carbonyl (C=O) groups excluding carboxylic acids is 1. The average molecular weight is 588 g/mol. The van der Waals surface area contributed by atoms with E-state index >= 15 is 0 Å². The molecule has 3 aliphatic heterocycles. The number of nitrogens with zero attached hydrogens (tertiary/aromatic N) is 7. The Bertz CT molecular complexity index is 1700. The molecule has 1 aromatic carbocycles. The number of anilines is 1. The van der Waals surface area contributed by atoms with Crippen molar-refractivity contribution < 1.29 is 35.7 Å². The van der Waals surface area contributed by atoms with Crippen LogP contribution in [0.25, 0.3) is 0 Å². The Morgan fingerprint density at radius 2 is 1.81 bits per heavy atom. The molecule has 1 amide bonds. The quantitative estimate of drug-likeness (QED) is 0.265. The molecule has 0 aliphatic carbocycles. The molecule has 0 saturated carbocycles. The molecule has 0 bridgehead atoms. The van der Waals surface area contributed by atoms with Gasteiger partial charge < -0.3 is 9.88 Å². The number of carbonyl (C=O) groups is 1. The van der Waals surface area contributed by atoms with Crippen molar-refractivity contribution in [2.75, 3.05) is 5.32 Å². The molecule has 2 aromatic heterocycles. The van der Waals surface area contributed by atoms with Gasteiger partial charge in [-0.05, 0) is 42.8 Å². The minimum Gasteiger partial charge on any atom is -0.307 e. The Morgan fingerprint density at radius 1 is 1.05 bits per heavy atom. The van der Waals surface area contributed by atoms with Gasteiger partial charge in [0.1, 0.15) is 23.5 Å². The van der Waals surface area contributed by atoms with Gasteiger partial charge >= 0.3 is 12.4 Å². The van der Waals surface area contributed by atoms with Crippen LogP contribution >= 0.6 is 0 Å². The van der Waals surface area contributed by atoms with Crippen molar-refractivity contribution in [2.24, 2.45) is 21.7 Å². The highest BCUT2D eigenvalue weighted by molar-refractivity contribution is 6.05. The SMILES string of the molecule is N[N+]12C=CN=CC1=C(C1CCn3c(nnc3C(F)(F)F)C1)N=C2c1ccc(C(=O)Nc2cc(C(F)(F)F)ccn2)cc1. The molecule has 0 saturated heterocycles. The highest BCUT2D eigenvalue weighted by atomic mass is 19.4. The molecule has 42 heavy (non-hydrogen) atoms. The highest BCUT2D eigenvalue weighted by Gasteiger charge is 2.47. The zero-order valence-electron chi connectivity index (χ0n) is 21.4. The summed E-state index contributed by atoms with van der Waals surface area (Å²) in [5.41, 5.74) is 0.837. The Morgan fingerprint density at radius 3 is 2.52 bits per heavy atom. The molecular formula is C26H20F6N9O+. The number of nitrogens with one attached hydrogen (secondary N) is 1. The summed E-state index contributed by atoms with van der Waals surface area (Å²) in [6.45, 7) is 0.0472. The fourth-order valence-electron chi connectivity index (χ4n) is 5.11. The first-order valence-electron chi connectivity index (χ1n) is 12.5. The van der Waals surface area contributed by atoms with Crippen LogP contribution in [0.15, 0.2) is 76.4 Å². The molecule has 16 heteroatoms. The Hall–Kier alpha value is -4.70. The van der Waals surface area contributed by atoms with E-state index in [0.717, 1.165) is 22.9 Å². The Kier molecular flexibility index (Phi) is 6.34. The standard InChI is InChI=1S/C26H19F6N9O/c27-25(28,29)17-5-7-35-19(12-17)36-23(42)15-3-1-14(2-4-15)22-37-21(18-13-34-8-10-41(18,22)33)16-6-9-40-20(11-16)38-39-24(40)26(30,31)32/h1-5,7-8,10,12-13,16H,6,9,11,33H2/p+1. The maximum Gasteiger partial charge on any atom is 0.451 e. The molecule has 6 rings (SSSR count). The maximum absolute atomic E-state index is 13.3. The first-order valence-corrected chi connectivity index (χ1v) is 12.5. The number of hydrogen-bond donors (Lipinski definition) is 2. The van der Waals surface area contributed by atoms with Gasteiger partial charge in [-0.15, -0.1) is 14.8 Å². The third-order valence-corrected chi connectivity index (χ3v) is 7.15. The molecule has 3 aliphatic rings. The first-order chi connectivity index (χ1) is 19.8. The molecule has 10 nitrogen and oxygen atoms in total. The van der Waals surface area contributed by atoms with Gasteiger partial charge in [0.05, 0.1) is 23.5 Å². The van der Waals surface area contributed by atoms with Crippen LogP contribution in [0.1, 0.15) is 39.6 Å². The third kappa shape index (κ3) is 4.77. The molecule has 0 radical (unpaired) electrons. The number of amides is 1. The van der Waals surface area contributed by atoms with Gasteiger partial charge in [-0.3, -0.25) is 9.79 Å². The smallest absolute Gasteiger partial charge is 0.307 e. The van der Waals surface area contributed by atoms with E-state index < -0.39 is 29.6 Å². The van der Waals surface area contributed by atoms with Crippen LogP contribution in [-0.2, 0) is 25.3 Å². The van der Waals surface area contributed by atoms with E-state index in [1.165, 1.54) is 18.3 Å². The number of halogens is 6. The largest absolute Gasteiger partial charge is 0.451 e. The van der Waals surface area contributed by atoms with Crippen LogP contribution in [-0.4, -0.2) is 42.3 Å². The van der Waals surface area contributed by atoms with Crippen LogP contribution < -0.4 is 11.2 Å². The summed E-state index contributed by atoms with van der Waals surface area (Å²) in [7, 11) is 0. The number of alkyl halides is 6. The lowest BCUT2D eigenvalue weighted by Gasteiger charge is -2.27. The number of amidine groups is 1. The fourth-order valence-corrected chi connectivity index (χ4v) is 5.11. The van der Waals surface area contributed by atoms with E-state index in [-0.39, 0.29) is 40.7 Å². The number of allylic oxidation sites excluding steroid dienone is 2. The summed E-state index contributed by atoms with van der Waals surface area (Å²) in [4.78, 5) is 25.5. The summed E-state index contributed by atoms with van der Waals surface area (Å²) in [6, 6.07) is 7.65. The number of aliphatic imine (C=N–C) groups is 2. The molecule has 3 N–H and O–H groups in total. The number of nitrogens with two attached hydrogens (primary N) is 1. The Balaban J connectivity index is 1.25. The van der Waals surface area contributed by atoms with Crippen molar-refractivity contribution in [3.8, 4) is 0 Å². The number of pyridine rings is 1. The van der Waals surface area contributed by atoms with Gasteiger partial charge in [-0.2, -0.15) is 37.2 Å². The average Bonchev–Trinajstić information content (AvgIpc) is 3.51. The second-order valence-electron chi connectivity index (χ2n) is 9.80. The van der Waals surface area contributed by atoms with Crippen molar-refractivity contribution in [2.45, 2.75) is 31.7 Å². The molecular weight excluding hydrogens is 568 g/mol. The predicted molar refractivity (Wildman–Crippen MR) is 136 cm³/mol. The summed E-state index contributed by atoms with van der Waals surface area (Å²) >= 11 is 0. The van der Waals surface area contributed by atoms with E-state index in [9.17, 15) is 31.1 Å². The first kappa shape index (κ1) is 27.5. The molecule has 0 spiro atoms. The van der Waals surface area contributed by atoms with Crippen molar-refractivity contribution >= 4 is 23.8 Å². The summed E-state index contributed by atoms with van der Waals surface area (Å²) < 4.78 is 79.6. The van der Waals surface area contributed by atoms with Crippen molar-refractivity contribution in [3.63, 3.8) is 0 Å². The lowest BCUT2D eigenvalue weighted by molar-refractivity contribution is -0.750. The number of benzene rings is 1. The Labute approximate surface area is 233 Å². The molecule has 5 heterocycles. The molecule has 2 atom stereocenters. The monoisotopic (exact) mass is 588 g/mol. The van der Waals surface area contributed by atoms with Crippen LogP contribution in [0.4, 0.5) is 32.2 Å². The normalized spacial score (nSPS) is 21.7. The molecule has 3 aromatic rings. The van der Waals surface area contributed by atoms with Crippen LogP contribution in [0.5, 0.6) is 0 Å². The molecule has 2 unspecified atom stereocenters. The predicted octanol–water partition coefficient (Wildman–Crippen LogP) is 4.44. The third-order valence-electron chi connectivity index (χ3n) is 7.15.